The molecular weight excluding hydrogens is 294 g/mol. The number of hydrogen-bond donors (Lipinski definition) is 0. The molecule has 1 unspecified atom stereocenters. The molecule has 2 aromatic heterocycles. The Morgan fingerprint density at radius 2 is 2.32 bits per heavy atom. The van der Waals surface area contributed by atoms with Crippen molar-refractivity contribution in [3.63, 3.8) is 0 Å². The molecule has 0 aliphatic carbocycles. The average molecular weight is 319 g/mol. The molecule has 2 aromatic rings. The van der Waals surface area contributed by atoms with Crippen molar-refractivity contribution in [2.24, 2.45) is 13.0 Å². The summed E-state index contributed by atoms with van der Waals surface area (Å²) in [5.41, 5.74) is 2.56. The third-order valence-electron chi connectivity index (χ3n) is 4.03. The van der Waals surface area contributed by atoms with Crippen molar-refractivity contribution in [3.8, 4) is 0 Å². The van der Waals surface area contributed by atoms with Gasteiger partial charge in [-0.3, -0.25) is 4.90 Å². The van der Waals surface area contributed by atoms with Crippen molar-refractivity contribution in [1.82, 2.24) is 14.5 Å². The molecule has 0 fully saturated rings. The van der Waals surface area contributed by atoms with Crippen molar-refractivity contribution >= 4 is 11.3 Å². The minimum absolute atomic E-state index is 0.412. The lowest BCUT2D eigenvalue weighted by Crippen LogP contribution is -2.36. The maximum atomic E-state index is 5.93. The summed E-state index contributed by atoms with van der Waals surface area (Å²) in [4.78, 5) is 8.51. The van der Waals surface area contributed by atoms with Crippen molar-refractivity contribution in [1.29, 1.82) is 0 Å². The summed E-state index contributed by atoms with van der Waals surface area (Å²) < 4.78 is 8.10. The molecule has 1 aliphatic heterocycles. The van der Waals surface area contributed by atoms with Gasteiger partial charge in [-0.05, 0) is 17.4 Å². The molecule has 0 saturated carbocycles. The number of nitrogens with zero attached hydrogens (tertiary/aromatic N) is 3. The van der Waals surface area contributed by atoms with E-state index in [0.29, 0.717) is 11.8 Å². The van der Waals surface area contributed by atoms with Crippen LogP contribution in [0.5, 0.6) is 0 Å². The van der Waals surface area contributed by atoms with E-state index in [4.69, 9.17) is 4.74 Å². The van der Waals surface area contributed by atoms with Gasteiger partial charge in [-0.25, -0.2) is 4.98 Å². The molecule has 1 atom stereocenters. The van der Waals surface area contributed by atoms with Gasteiger partial charge >= 0.3 is 0 Å². The van der Waals surface area contributed by atoms with Gasteiger partial charge in [0.25, 0.3) is 0 Å². The van der Waals surface area contributed by atoms with Crippen LogP contribution in [0, 0.1) is 5.92 Å². The van der Waals surface area contributed by atoms with Gasteiger partial charge in [0.05, 0.1) is 18.6 Å². The smallest absolute Gasteiger partial charge is 0.0949 e. The van der Waals surface area contributed by atoms with Crippen LogP contribution in [0.15, 0.2) is 23.8 Å². The van der Waals surface area contributed by atoms with E-state index in [9.17, 15) is 0 Å². The van der Waals surface area contributed by atoms with Crippen LogP contribution in [-0.2, 0) is 24.9 Å². The van der Waals surface area contributed by atoms with Gasteiger partial charge in [-0.1, -0.05) is 19.9 Å². The third-order valence-corrected chi connectivity index (χ3v) is 4.89. The zero-order chi connectivity index (χ0) is 15.5. The zero-order valence-electron chi connectivity index (χ0n) is 13.7. The second-order valence-electron chi connectivity index (χ2n) is 6.56. The molecule has 0 spiro atoms. The van der Waals surface area contributed by atoms with E-state index in [-0.39, 0.29) is 0 Å². The van der Waals surface area contributed by atoms with E-state index in [1.165, 1.54) is 16.3 Å². The summed E-state index contributed by atoms with van der Waals surface area (Å²) in [7, 11) is 2.09. The van der Waals surface area contributed by atoms with E-state index < -0.39 is 0 Å². The topological polar surface area (TPSA) is 30.3 Å². The van der Waals surface area contributed by atoms with Gasteiger partial charge in [0.15, 0.2) is 0 Å². The average Bonchev–Trinajstić information content (AvgIpc) is 3.09. The number of thiophene rings is 1. The zero-order valence-corrected chi connectivity index (χ0v) is 14.5. The van der Waals surface area contributed by atoms with E-state index in [1.54, 1.807) is 0 Å². The van der Waals surface area contributed by atoms with E-state index >= 15 is 0 Å². The van der Waals surface area contributed by atoms with Crippen molar-refractivity contribution < 1.29 is 4.74 Å². The first-order chi connectivity index (χ1) is 10.6. The summed E-state index contributed by atoms with van der Waals surface area (Å²) in [6.45, 7) is 8.99. The molecule has 4 nitrogen and oxygen atoms in total. The molecule has 3 rings (SSSR count). The van der Waals surface area contributed by atoms with Crippen LogP contribution in [0.25, 0.3) is 0 Å². The molecule has 0 bridgehead atoms. The molecule has 3 heterocycles. The standard InChI is InChI=1S/C17H25N3OS/c1-13(2)10-21-11-14-7-20(8-15-5-4-6-22-15)9-16-17(14)19(3)12-18-16/h4-6,12-14H,7-11H2,1-3H3. The van der Waals surface area contributed by atoms with Gasteiger partial charge < -0.3 is 9.30 Å². The number of aryl methyl sites for hydroxylation is 1. The van der Waals surface area contributed by atoms with Gasteiger partial charge in [0.1, 0.15) is 0 Å². The SMILES string of the molecule is CC(C)COCC1CN(Cc2cccs2)Cc2ncn(C)c21. The molecule has 0 aromatic carbocycles. The Morgan fingerprint density at radius 1 is 1.45 bits per heavy atom. The lowest BCUT2D eigenvalue weighted by atomic mass is 9.99. The van der Waals surface area contributed by atoms with Crippen molar-refractivity contribution in [2.45, 2.75) is 32.9 Å². The van der Waals surface area contributed by atoms with Crippen LogP contribution in [0.3, 0.4) is 0 Å². The second-order valence-corrected chi connectivity index (χ2v) is 7.60. The molecule has 0 radical (unpaired) electrons. The lowest BCUT2D eigenvalue weighted by Gasteiger charge is -2.32. The van der Waals surface area contributed by atoms with Crippen LogP contribution >= 0.6 is 11.3 Å². The summed E-state index contributed by atoms with van der Waals surface area (Å²) in [6, 6.07) is 4.34. The summed E-state index contributed by atoms with van der Waals surface area (Å²) in [5, 5.41) is 2.15. The molecule has 0 N–H and O–H groups in total. The first kappa shape index (κ1) is 15.7. The molecular formula is C17H25N3OS. The Bertz CT molecular complexity index is 591. The fraction of sp³-hybridized carbons (Fsp3) is 0.588. The van der Waals surface area contributed by atoms with E-state index in [0.717, 1.165) is 32.8 Å². The number of rotatable bonds is 6. The Balaban J connectivity index is 1.70. The summed E-state index contributed by atoms with van der Waals surface area (Å²) in [5.74, 6) is 0.992. The Morgan fingerprint density at radius 3 is 3.05 bits per heavy atom. The number of ether oxygens (including phenoxy) is 1. The Kier molecular flexibility index (Phi) is 4.96. The third kappa shape index (κ3) is 3.59. The number of hydrogen-bond acceptors (Lipinski definition) is 4. The van der Waals surface area contributed by atoms with Crippen LogP contribution in [0.4, 0.5) is 0 Å². The minimum Gasteiger partial charge on any atom is -0.380 e. The van der Waals surface area contributed by atoms with Gasteiger partial charge in [-0.15, -0.1) is 11.3 Å². The van der Waals surface area contributed by atoms with Crippen LogP contribution in [0.2, 0.25) is 0 Å². The fourth-order valence-electron chi connectivity index (χ4n) is 3.13. The molecule has 1 aliphatic rings. The number of fused-ring (bicyclic) bond motifs is 1. The lowest BCUT2D eigenvalue weighted by molar-refractivity contribution is 0.0771. The Labute approximate surface area is 136 Å². The van der Waals surface area contributed by atoms with Crippen molar-refractivity contribution in [2.75, 3.05) is 19.8 Å². The highest BCUT2D eigenvalue weighted by Gasteiger charge is 2.29. The highest BCUT2D eigenvalue weighted by molar-refractivity contribution is 7.09. The Hall–Kier alpha value is -1.17. The van der Waals surface area contributed by atoms with Crippen LogP contribution in [0.1, 0.15) is 36.0 Å². The maximum Gasteiger partial charge on any atom is 0.0949 e. The van der Waals surface area contributed by atoms with E-state index in [1.807, 2.05) is 17.7 Å². The van der Waals surface area contributed by atoms with Crippen LogP contribution < -0.4 is 0 Å². The molecule has 5 heteroatoms. The monoisotopic (exact) mass is 319 g/mol. The first-order valence-corrected chi connectivity index (χ1v) is 8.84. The molecule has 120 valence electrons. The maximum absolute atomic E-state index is 5.93. The van der Waals surface area contributed by atoms with Gasteiger partial charge in [-0.2, -0.15) is 0 Å². The largest absolute Gasteiger partial charge is 0.380 e. The highest BCUT2D eigenvalue weighted by Crippen LogP contribution is 2.29. The first-order valence-electron chi connectivity index (χ1n) is 7.96. The second kappa shape index (κ2) is 6.94. The number of imidazole rings is 1. The molecule has 0 saturated heterocycles. The van der Waals surface area contributed by atoms with Crippen molar-refractivity contribution in [3.05, 3.63) is 40.1 Å². The van der Waals surface area contributed by atoms with E-state index in [2.05, 4.69) is 52.9 Å². The summed E-state index contributed by atoms with van der Waals surface area (Å²) in [6.07, 6.45) is 1.94. The number of aromatic nitrogens is 2. The molecule has 0 amide bonds. The summed E-state index contributed by atoms with van der Waals surface area (Å²) >= 11 is 1.83. The quantitative estimate of drug-likeness (QED) is 0.819. The molecule has 22 heavy (non-hydrogen) atoms. The van der Waals surface area contributed by atoms with Crippen LogP contribution in [-0.4, -0.2) is 34.2 Å². The highest BCUT2D eigenvalue weighted by atomic mass is 32.1. The predicted molar refractivity (Wildman–Crippen MR) is 90.0 cm³/mol. The predicted octanol–water partition coefficient (Wildman–Crippen LogP) is 3.25. The fourth-order valence-corrected chi connectivity index (χ4v) is 3.88. The normalized spacial score (nSPS) is 18.8. The minimum atomic E-state index is 0.412. The van der Waals surface area contributed by atoms with Gasteiger partial charge in [0, 0.05) is 49.8 Å². The van der Waals surface area contributed by atoms with Gasteiger partial charge in [0.2, 0.25) is 0 Å².